The third-order valence-electron chi connectivity index (χ3n) is 4.05. The van der Waals surface area contributed by atoms with E-state index in [4.69, 9.17) is 16.3 Å². The zero-order valence-electron chi connectivity index (χ0n) is 12.0. The van der Waals surface area contributed by atoms with Gasteiger partial charge < -0.3 is 9.30 Å². The quantitative estimate of drug-likeness (QED) is 0.779. The zero-order valence-corrected chi connectivity index (χ0v) is 12.8. The molecule has 1 aliphatic heterocycles. The SMILES string of the molecule is CC(Cl)c1nc2ccc(F)c(F)c2n1C1(C)CCCOC1. The maximum absolute atomic E-state index is 14.3. The second-order valence-corrected chi connectivity index (χ2v) is 6.46. The van der Waals surface area contributed by atoms with Crippen LogP contribution in [0.2, 0.25) is 0 Å². The molecule has 114 valence electrons. The first-order valence-corrected chi connectivity index (χ1v) is 7.46. The number of halogens is 3. The predicted octanol–water partition coefficient (Wildman–Crippen LogP) is 4.14. The molecule has 2 heterocycles. The summed E-state index contributed by atoms with van der Waals surface area (Å²) in [6.07, 6.45) is 1.67. The van der Waals surface area contributed by atoms with Crippen molar-refractivity contribution < 1.29 is 13.5 Å². The molecular formula is C15H17ClF2N2O. The largest absolute Gasteiger partial charge is 0.379 e. The molecule has 21 heavy (non-hydrogen) atoms. The lowest BCUT2D eigenvalue weighted by Gasteiger charge is -2.37. The number of imidazole rings is 1. The van der Waals surface area contributed by atoms with Gasteiger partial charge in [-0.1, -0.05) is 0 Å². The van der Waals surface area contributed by atoms with Gasteiger partial charge in [0.15, 0.2) is 11.6 Å². The summed E-state index contributed by atoms with van der Waals surface area (Å²) < 4.78 is 35.3. The molecule has 0 radical (unpaired) electrons. The van der Waals surface area contributed by atoms with E-state index in [1.54, 1.807) is 11.5 Å². The molecule has 2 aromatic rings. The highest BCUT2D eigenvalue weighted by atomic mass is 35.5. The van der Waals surface area contributed by atoms with E-state index in [2.05, 4.69) is 4.98 Å². The molecule has 1 aromatic carbocycles. The molecule has 1 aliphatic rings. The van der Waals surface area contributed by atoms with Crippen molar-refractivity contribution in [2.75, 3.05) is 13.2 Å². The lowest BCUT2D eigenvalue weighted by atomic mass is 9.93. The van der Waals surface area contributed by atoms with Crippen LogP contribution in [0.15, 0.2) is 12.1 Å². The number of hydrogen-bond acceptors (Lipinski definition) is 2. The molecular weight excluding hydrogens is 298 g/mol. The van der Waals surface area contributed by atoms with E-state index >= 15 is 0 Å². The molecule has 1 aromatic heterocycles. The monoisotopic (exact) mass is 314 g/mol. The van der Waals surface area contributed by atoms with Gasteiger partial charge in [-0.15, -0.1) is 11.6 Å². The summed E-state index contributed by atoms with van der Waals surface area (Å²) in [7, 11) is 0. The van der Waals surface area contributed by atoms with E-state index in [-0.39, 0.29) is 5.52 Å². The number of benzene rings is 1. The van der Waals surface area contributed by atoms with E-state index in [0.717, 1.165) is 18.9 Å². The maximum Gasteiger partial charge on any atom is 0.184 e. The van der Waals surface area contributed by atoms with E-state index in [0.29, 0.717) is 24.6 Å². The molecule has 3 rings (SSSR count). The fourth-order valence-corrected chi connectivity index (χ4v) is 3.18. The van der Waals surface area contributed by atoms with Crippen molar-refractivity contribution in [3.63, 3.8) is 0 Å². The highest BCUT2D eigenvalue weighted by Crippen LogP contribution is 2.36. The summed E-state index contributed by atoms with van der Waals surface area (Å²) in [5.41, 5.74) is 0.119. The van der Waals surface area contributed by atoms with Gasteiger partial charge in [0.25, 0.3) is 0 Å². The first-order valence-electron chi connectivity index (χ1n) is 7.03. The van der Waals surface area contributed by atoms with Gasteiger partial charge in [-0.2, -0.15) is 0 Å². The Balaban J connectivity index is 2.32. The first kappa shape index (κ1) is 14.7. The van der Waals surface area contributed by atoms with Crippen molar-refractivity contribution in [1.82, 2.24) is 9.55 Å². The Morgan fingerprint density at radius 3 is 2.81 bits per heavy atom. The third kappa shape index (κ3) is 2.32. The lowest BCUT2D eigenvalue weighted by molar-refractivity contribution is 0.00990. The molecule has 0 amide bonds. The van der Waals surface area contributed by atoms with Crippen LogP contribution >= 0.6 is 11.6 Å². The van der Waals surface area contributed by atoms with Crippen molar-refractivity contribution in [2.24, 2.45) is 0 Å². The van der Waals surface area contributed by atoms with Crippen molar-refractivity contribution in [3.8, 4) is 0 Å². The number of aromatic nitrogens is 2. The Bertz CT molecular complexity index is 678. The maximum atomic E-state index is 14.3. The summed E-state index contributed by atoms with van der Waals surface area (Å²) in [5, 5.41) is -0.404. The molecule has 1 saturated heterocycles. The smallest absolute Gasteiger partial charge is 0.184 e. The van der Waals surface area contributed by atoms with Crippen LogP contribution in [-0.2, 0) is 10.3 Å². The Hall–Kier alpha value is -1.20. The molecule has 2 unspecified atom stereocenters. The van der Waals surface area contributed by atoms with Crippen LogP contribution in [0.1, 0.15) is 37.9 Å². The van der Waals surface area contributed by atoms with Crippen LogP contribution in [0.5, 0.6) is 0 Å². The van der Waals surface area contributed by atoms with Gasteiger partial charge in [0, 0.05) is 6.61 Å². The summed E-state index contributed by atoms with van der Waals surface area (Å²) in [6, 6.07) is 2.58. The molecule has 0 N–H and O–H groups in total. The number of hydrogen-bond donors (Lipinski definition) is 0. The molecule has 0 saturated carbocycles. The summed E-state index contributed by atoms with van der Waals surface area (Å²) >= 11 is 6.21. The van der Waals surface area contributed by atoms with E-state index in [1.165, 1.54) is 6.07 Å². The number of alkyl halides is 1. The van der Waals surface area contributed by atoms with Crippen LogP contribution in [-0.4, -0.2) is 22.8 Å². The summed E-state index contributed by atoms with van der Waals surface area (Å²) in [4.78, 5) is 4.40. The summed E-state index contributed by atoms with van der Waals surface area (Å²) in [5.74, 6) is -1.21. The van der Waals surface area contributed by atoms with Crippen LogP contribution in [0, 0.1) is 11.6 Å². The fraction of sp³-hybridized carbons (Fsp3) is 0.533. The lowest BCUT2D eigenvalue weighted by Crippen LogP contribution is -2.40. The van der Waals surface area contributed by atoms with E-state index < -0.39 is 22.6 Å². The minimum Gasteiger partial charge on any atom is -0.379 e. The van der Waals surface area contributed by atoms with Gasteiger partial charge in [0.1, 0.15) is 11.3 Å². The van der Waals surface area contributed by atoms with Gasteiger partial charge in [0.2, 0.25) is 0 Å². The van der Waals surface area contributed by atoms with E-state index in [1.807, 2.05) is 6.92 Å². The van der Waals surface area contributed by atoms with Crippen LogP contribution in [0.4, 0.5) is 8.78 Å². The van der Waals surface area contributed by atoms with Crippen LogP contribution in [0.3, 0.4) is 0 Å². The topological polar surface area (TPSA) is 27.1 Å². The van der Waals surface area contributed by atoms with Crippen LogP contribution in [0.25, 0.3) is 11.0 Å². The van der Waals surface area contributed by atoms with Crippen molar-refractivity contribution in [2.45, 2.75) is 37.6 Å². The summed E-state index contributed by atoms with van der Waals surface area (Å²) in [6.45, 7) is 4.87. The molecule has 0 spiro atoms. The molecule has 6 heteroatoms. The molecule has 0 bridgehead atoms. The van der Waals surface area contributed by atoms with Gasteiger partial charge in [-0.3, -0.25) is 0 Å². The van der Waals surface area contributed by atoms with Gasteiger partial charge in [0.05, 0.1) is 23.0 Å². The Morgan fingerprint density at radius 1 is 1.43 bits per heavy atom. The standard InChI is InChI=1S/C15H17ClF2N2O/c1-9(16)14-19-11-5-4-10(17)12(18)13(11)20(14)15(2)6-3-7-21-8-15/h4-5,9H,3,6-8H2,1-2H3. The Kier molecular flexibility index (Phi) is 3.66. The second-order valence-electron chi connectivity index (χ2n) is 5.80. The van der Waals surface area contributed by atoms with Crippen molar-refractivity contribution >= 4 is 22.6 Å². The third-order valence-corrected chi connectivity index (χ3v) is 4.24. The molecule has 3 nitrogen and oxygen atoms in total. The van der Waals surface area contributed by atoms with Gasteiger partial charge in [-0.25, -0.2) is 13.8 Å². The minimum absolute atomic E-state index is 0.172. The number of nitrogens with zero attached hydrogens (tertiary/aromatic N) is 2. The number of fused-ring (bicyclic) bond motifs is 1. The normalized spacial score (nSPS) is 24.4. The number of ether oxygens (including phenoxy) is 1. The highest BCUT2D eigenvalue weighted by molar-refractivity contribution is 6.20. The molecule has 2 atom stereocenters. The average Bonchev–Trinajstić information content (AvgIpc) is 2.85. The predicted molar refractivity (Wildman–Crippen MR) is 77.6 cm³/mol. The highest BCUT2D eigenvalue weighted by Gasteiger charge is 2.35. The average molecular weight is 315 g/mol. The molecule has 0 aliphatic carbocycles. The Morgan fingerprint density at radius 2 is 2.19 bits per heavy atom. The first-order chi connectivity index (χ1) is 9.94. The van der Waals surface area contributed by atoms with E-state index in [9.17, 15) is 8.78 Å². The molecule has 1 fully saturated rings. The fourth-order valence-electron chi connectivity index (χ4n) is 3.03. The van der Waals surface area contributed by atoms with Crippen molar-refractivity contribution in [3.05, 3.63) is 29.6 Å². The van der Waals surface area contributed by atoms with Gasteiger partial charge in [-0.05, 0) is 38.8 Å². The zero-order chi connectivity index (χ0) is 15.2. The Labute approximate surface area is 126 Å². The van der Waals surface area contributed by atoms with Crippen LogP contribution < -0.4 is 0 Å². The minimum atomic E-state index is -0.879. The van der Waals surface area contributed by atoms with Crippen molar-refractivity contribution in [1.29, 1.82) is 0 Å². The van der Waals surface area contributed by atoms with Gasteiger partial charge >= 0.3 is 0 Å². The second kappa shape index (κ2) is 5.21. The number of rotatable bonds is 2.